The average molecular weight is 221 g/mol. The summed E-state index contributed by atoms with van der Waals surface area (Å²) in [5.74, 6) is 0. The smallest absolute Gasteiger partial charge is 0.133 e. The van der Waals surface area contributed by atoms with E-state index in [1.54, 1.807) is 14.2 Å². The van der Waals surface area contributed by atoms with Crippen molar-refractivity contribution in [1.82, 2.24) is 4.57 Å². The minimum atomic E-state index is 0.688. The van der Waals surface area contributed by atoms with E-state index in [1.165, 1.54) is 0 Å². The summed E-state index contributed by atoms with van der Waals surface area (Å²) in [5, 5.41) is 3.26. The molecule has 0 bridgehead atoms. The minimum absolute atomic E-state index is 0.688. The van der Waals surface area contributed by atoms with Gasteiger partial charge in [0.1, 0.15) is 5.49 Å². The average Bonchev–Trinajstić information content (AvgIpc) is 2.29. The predicted octanol–water partition coefficient (Wildman–Crippen LogP) is 1.57. The lowest BCUT2D eigenvalue weighted by atomic mass is 10.3. The highest BCUT2D eigenvalue weighted by molar-refractivity contribution is 5.45. The summed E-state index contributed by atoms with van der Waals surface area (Å²) in [6.07, 6.45) is 1.96. The number of pyridine rings is 1. The lowest BCUT2D eigenvalue weighted by Gasteiger charge is -2.10. The molecular weight excluding hydrogens is 202 g/mol. The van der Waals surface area contributed by atoms with E-state index in [4.69, 9.17) is 4.74 Å². The molecule has 1 aromatic rings. The molecular formula is C12H19N3O. The van der Waals surface area contributed by atoms with Gasteiger partial charge in [-0.2, -0.15) is 0 Å². The summed E-state index contributed by atoms with van der Waals surface area (Å²) in [5.41, 5.74) is 2.87. The number of ether oxygens (including phenoxy) is 1. The predicted molar refractivity (Wildman–Crippen MR) is 67.3 cm³/mol. The van der Waals surface area contributed by atoms with Crippen molar-refractivity contribution in [1.29, 1.82) is 0 Å². The number of allylic oxidation sites excluding steroid dienone is 1. The van der Waals surface area contributed by atoms with Gasteiger partial charge in [0, 0.05) is 44.3 Å². The SMILES string of the molecule is C=C(C)n1ccc(NCCOC)cc1=NC. The van der Waals surface area contributed by atoms with Gasteiger partial charge in [-0.25, -0.2) is 0 Å². The molecule has 88 valence electrons. The van der Waals surface area contributed by atoms with E-state index in [9.17, 15) is 0 Å². The second-order valence-corrected chi connectivity index (χ2v) is 3.52. The van der Waals surface area contributed by atoms with Crippen LogP contribution in [0.1, 0.15) is 6.92 Å². The van der Waals surface area contributed by atoms with Gasteiger partial charge in [-0.05, 0) is 13.0 Å². The number of nitrogens with one attached hydrogen (secondary N) is 1. The van der Waals surface area contributed by atoms with Crippen molar-refractivity contribution in [2.75, 3.05) is 32.6 Å². The second-order valence-electron chi connectivity index (χ2n) is 3.52. The van der Waals surface area contributed by atoms with Crippen LogP contribution in [0.2, 0.25) is 0 Å². The van der Waals surface area contributed by atoms with Crippen LogP contribution in [-0.4, -0.2) is 31.9 Å². The van der Waals surface area contributed by atoms with Crippen molar-refractivity contribution in [2.24, 2.45) is 4.99 Å². The lowest BCUT2D eigenvalue weighted by molar-refractivity contribution is 0.211. The van der Waals surface area contributed by atoms with Crippen molar-refractivity contribution >= 4 is 11.4 Å². The molecule has 1 heterocycles. The van der Waals surface area contributed by atoms with Gasteiger partial charge in [0.15, 0.2) is 0 Å². The quantitative estimate of drug-likeness (QED) is 0.766. The maximum Gasteiger partial charge on any atom is 0.133 e. The Morgan fingerprint density at radius 2 is 2.38 bits per heavy atom. The van der Waals surface area contributed by atoms with Crippen LogP contribution in [0.25, 0.3) is 5.70 Å². The fourth-order valence-corrected chi connectivity index (χ4v) is 1.39. The third-order valence-corrected chi connectivity index (χ3v) is 2.21. The molecule has 0 aromatic carbocycles. The zero-order valence-corrected chi connectivity index (χ0v) is 10.2. The zero-order valence-electron chi connectivity index (χ0n) is 10.2. The fourth-order valence-electron chi connectivity index (χ4n) is 1.39. The van der Waals surface area contributed by atoms with Crippen molar-refractivity contribution in [3.63, 3.8) is 0 Å². The molecule has 0 spiro atoms. The van der Waals surface area contributed by atoms with Crippen LogP contribution in [0.3, 0.4) is 0 Å². The minimum Gasteiger partial charge on any atom is -0.383 e. The Hall–Kier alpha value is -1.55. The normalized spacial score (nSPS) is 11.6. The summed E-state index contributed by atoms with van der Waals surface area (Å²) >= 11 is 0. The summed E-state index contributed by atoms with van der Waals surface area (Å²) in [6.45, 7) is 7.33. The molecule has 0 amide bonds. The number of hydrogen-bond acceptors (Lipinski definition) is 3. The molecule has 0 aliphatic rings. The molecule has 0 aliphatic carbocycles. The van der Waals surface area contributed by atoms with E-state index in [0.717, 1.165) is 23.4 Å². The van der Waals surface area contributed by atoms with Gasteiger partial charge < -0.3 is 14.6 Å². The highest BCUT2D eigenvalue weighted by atomic mass is 16.5. The van der Waals surface area contributed by atoms with Gasteiger partial charge in [-0.15, -0.1) is 0 Å². The van der Waals surface area contributed by atoms with Gasteiger partial charge in [-0.1, -0.05) is 6.58 Å². The van der Waals surface area contributed by atoms with E-state index < -0.39 is 0 Å². The van der Waals surface area contributed by atoms with E-state index >= 15 is 0 Å². The van der Waals surface area contributed by atoms with Crippen LogP contribution in [0.4, 0.5) is 5.69 Å². The van der Waals surface area contributed by atoms with Crippen LogP contribution in [0.5, 0.6) is 0 Å². The van der Waals surface area contributed by atoms with Crippen LogP contribution >= 0.6 is 0 Å². The molecule has 1 aromatic heterocycles. The summed E-state index contributed by atoms with van der Waals surface area (Å²) < 4.78 is 6.92. The lowest BCUT2D eigenvalue weighted by Crippen LogP contribution is -2.19. The van der Waals surface area contributed by atoms with Gasteiger partial charge >= 0.3 is 0 Å². The highest BCUT2D eigenvalue weighted by Gasteiger charge is 1.96. The third-order valence-electron chi connectivity index (χ3n) is 2.21. The monoisotopic (exact) mass is 221 g/mol. The number of rotatable bonds is 5. The molecule has 16 heavy (non-hydrogen) atoms. The largest absolute Gasteiger partial charge is 0.383 e. The van der Waals surface area contributed by atoms with Crippen molar-refractivity contribution in [2.45, 2.75) is 6.92 Å². The molecule has 1 N–H and O–H groups in total. The van der Waals surface area contributed by atoms with E-state index in [2.05, 4.69) is 16.9 Å². The number of aromatic nitrogens is 1. The topological polar surface area (TPSA) is 38.5 Å². The number of methoxy groups -OCH3 is 1. The summed E-state index contributed by atoms with van der Waals surface area (Å²) in [4.78, 5) is 4.21. The third kappa shape index (κ3) is 3.24. The van der Waals surface area contributed by atoms with Crippen LogP contribution in [0.15, 0.2) is 29.9 Å². The Morgan fingerprint density at radius 3 is 2.94 bits per heavy atom. The fraction of sp³-hybridized carbons (Fsp3) is 0.417. The van der Waals surface area contributed by atoms with Crippen LogP contribution in [-0.2, 0) is 4.74 Å². The van der Waals surface area contributed by atoms with Crippen molar-refractivity contribution in [3.05, 3.63) is 30.4 Å². The van der Waals surface area contributed by atoms with Crippen molar-refractivity contribution in [3.8, 4) is 0 Å². The highest BCUT2D eigenvalue weighted by Crippen LogP contribution is 2.04. The number of nitrogens with zero attached hydrogens (tertiary/aromatic N) is 2. The summed E-state index contributed by atoms with van der Waals surface area (Å²) in [6, 6.07) is 3.99. The molecule has 0 saturated carbocycles. The molecule has 0 atom stereocenters. The van der Waals surface area contributed by atoms with Gasteiger partial charge in [0.25, 0.3) is 0 Å². The molecule has 1 rings (SSSR count). The Bertz CT molecular complexity index is 421. The van der Waals surface area contributed by atoms with E-state index in [0.29, 0.717) is 6.61 Å². The molecule has 0 saturated heterocycles. The van der Waals surface area contributed by atoms with Gasteiger partial charge in [-0.3, -0.25) is 4.99 Å². The molecule has 4 heteroatoms. The first-order valence-electron chi connectivity index (χ1n) is 5.23. The number of hydrogen-bond donors (Lipinski definition) is 1. The maximum atomic E-state index is 4.98. The van der Waals surface area contributed by atoms with Crippen LogP contribution in [0, 0.1) is 0 Å². The van der Waals surface area contributed by atoms with Gasteiger partial charge in [0.2, 0.25) is 0 Å². The summed E-state index contributed by atoms with van der Waals surface area (Å²) in [7, 11) is 3.46. The molecule has 0 fully saturated rings. The van der Waals surface area contributed by atoms with Gasteiger partial charge in [0.05, 0.1) is 6.61 Å². The first-order valence-corrected chi connectivity index (χ1v) is 5.23. The van der Waals surface area contributed by atoms with Crippen molar-refractivity contribution < 1.29 is 4.74 Å². The Balaban J connectivity index is 2.88. The van der Waals surface area contributed by atoms with Crippen LogP contribution < -0.4 is 10.8 Å². The van der Waals surface area contributed by atoms with E-state index in [-0.39, 0.29) is 0 Å². The Kier molecular flexibility index (Phi) is 4.79. The Morgan fingerprint density at radius 1 is 1.62 bits per heavy atom. The molecule has 0 aliphatic heterocycles. The molecule has 0 radical (unpaired) electrons. The number of anilines is 1. The second kappa shape index (κ2) is 6.12. The molecule has 4 nitrogen and oxygen atoms in total. The zero-order chi connectivity index (χ0) is 12.0. The van der Waals surface area contributed by atoms with E-state index in [1.807, 2.05) is 29.8 Å². The first-order chi connectivity index (χ1) is 7.69. The Labute approximate surface area is 96.3 Å². The molecule has 0 unspecified atom stereocenters. The maximum absolute atomic E-state index is 4.98. The standard InChI is InChI=1S/C12H19N3O/c1-10(2)15-7-5-11(9-12(15)13-3)14-6-8-16-4/h5,7,9,14H,1,6,8H2,2-4H3. The first kappa shape index (κ1) is 12.5.